The number of carboxylic acids is 1. The Morgan fingerprint density at radius 1 is 1.60 bits per heavy atom. The van der Waals surface area contributed by atoms with Gasteiger partial charge in [-0.2, -0.15) is 0 Å². The molecule has 0 spiro atoms. The molecule has 0 saturated carbocycles. The van der Waals surface area contributed by atoms with Crippen LogP contribution >= 0.6 is 11.3 Å². The first-order valence-corrected chi connectivity index (χ1v) is 3.36. The highest BCUT2D eigenvalue weighted by molar-refractivity contribution is 7.13. The van der Waals surface area contributed by atoms with Crippen LogP contribution < -0.4 is 11.5 Å². The molecule has 1 aromatic heterocycles. The van der Waals surface area contributed by atoms with Crippen LogP contribution in [0.15, 0.2) is 5.38 Å². The van der Waals surface area contributed by atoms with E-state index in [1.165, 1.54) is 5.38 Å². The second-order valence-electron chi connectivity index (χ2n) is 1.74. The van der Waals surface area contributed by atoms with Crippen LogP contribution in [0.1, 0.15) is 9.67 Å². The fraction of sp³-hybridized carbons (Fsp3) is 0. The molecule has 1 heterocycles. The van der Waals surface area contributed by atoms with E-state index in [9.17, 15) is 4.79 Å². The third-order valence-electron chi connectivity index (χ3n) is 1.05. The van der Waals surface area contributed by atoms with E-state index in [0.717, 1.165) is 11.3 Å². The zero-order valence-electron chi connectivity index (χ0n) is 5.00. The number of carbonyl (C=O) groups is 1. The molecule has 0 saturated heterocycles. The van der Waals surface area contributed by atoms with E-state index >= 15 is 0 Å². The molecule has 10 heavy (non-hydrogen) atoms. The number of hydrogen-bond acceptors (Lipinski definition) is 4. The van der Waals surface area contributed by atoms with Crippen molar-refractivity contribution < 1.29 is 9.90 Å². The molecule has 5 heteroatoms. The molecule has 0 fully saturated rings. The van der Waals surface area contributed by atoms with Gasteiger partial charge in [0, 0.05) is 5.38 Å². The van der Waals surface area contributed by atoms with Gasteiger partial charge in [0.05, 0.1) is 11.4 Å². The summed E-state index contributed by atoms with van der Waals surface area (Å²) in [5.41, 5.74) is 11.1. The van der Waals surface area contributed by atoms with Gasteiger partial charge in [-0.1, -0.05) is 0 Å². The molecule has 0 radical (unpaired) electrons. The minimum atomic E-state index is -1.03. The molecule has 5 N–H and O–H groups in total. The average molecular weight is 158 g/mol. The van der Waals surface area contributed by atoms with E-state index in [2.05, 4.69) is 0 Å². The highest BCUT2D eigenvalue weighted by Gasteiger charge is 2.11. The lowest BCUT2D eigenvalue weighted by molar-refractivity contribution is 0.0703. The normalized spacial score (nSPS) is 9.60. The van der Waals surface area contributed by atoms with E-state index in [0.29, 0.717) is 5.69 Å². The van der Waals surface area contributed by atoms with Gasteiger partial charge in [0.1, 0.15) is 4.88 Å². The quantitative estimate of drug-likeness (QED) is 0.558. The van der Waals surface area contributed by atoms with Gasteiger partial charge in [-0.3, -0.25) is 0 Å². The van der Waals surface area contributed by atoms with E-state index < -0.39 is 5.97 Å². The highest BCUT2D eigenvalue weighted by atomic mass is 32.1. The molecule has 4 nitrogen and oxygen atoms in total. The SMILES string of the molecule is Nc1csc(C(=O)O)c1N. The molecule has 0 aromatic carbocycles. The van der Waals surface area contributed by atoms with Gasteiger partial charge in [0.15, 0.2) is 0 Å². The summed E-state index contributed by atoms with van der Waals surface area (Å²) < 4.78 is 0. The van der Waals surface area contributed by atoms with Crippen LogP contribution in [0.2, 0.25) is 0 Å². The molecule has 0 aliphatic carbocycles. The van der Waals surface area contributed by atoms with Crippen molar-refractivity contribution >= 4 is 28.7 Å². The van der Waals surface area contributed by atoms with Crippen molar-refractivity contribution in [1.29, 1.82) is 0 Å². The van der Waals surface area contributed by atoms with Crippen LogP contribution in [0.25, 0.3) is 0 Å². The molecular weight excluding hydrogens is 152 g/mol. The molecule has 0 atom stereocenters. The number of aromatic carboxylic acids is 1. The van der Waals surface area contributed by atoms with Gasteiger partial charge < -0.3 is 16.6 Å². The Balaban J connectivity index is 3.17. The molecule has 1 rings (SSSR count). The zero-order chi connectivity index (χ0) is 7.72. The van der Waals surface area contributed by atoms with E-state index in [4.69, 9.17) is 16.6 Å². The maximum Gasteiger partial charge on any atom is 0.348 e. The van der Waals surface area contributed by atoms with Gasteiger partial charge in [-0.05, 0) is 0 Å². The first-order chi connectivity index (χ1) is 4.63. The maximum atomic E-state index is 10.3. The van der Waals surface area contributed by atoms with Gasteiger partial charge >= 0.3 is 5.97 Å². The third kappa shape index (κ3) is 0.906. The van der Waals surface area contributed by atoms with Crippen molar-refractivity contribution in [2.24, 2.45) is 0 Å². The summed E-state index contributed by atoms with van der Waals surface area (Å²) in [5.74, 6) is -1.03. The molecule has 1 aromatic rings. The Kier molecular flexibility index (Phi) is 1.50. The molecular formula is C5H6N2O2S. The predicted molar refractivity (Wildman–Crippen MR) is 40.1 cm³/mol. The van der Waals surface area contributed by atoms with Crippen molar-refractivity contribution in [1.82, 2.24) is 0 Å². The summed E-state index contributed by atoms with van der Waals surface area (Å²) in [4.78, 5) is 10.4. The van der Waals surface area contributed by atoms with Crippen molar-refractivity contribution in [3.63, 3.8) is 0 Å². The summed E-state index contributed by atoms with van der Waals surface area (Å²) >= 11 is 1.03. The van der Waals surface area contributed by atoms with Gasteiger partial charge in [-0.15, -0.1) is 11.3 Å². The molecule has 0 amide bonds. The fourth-order valence-corrected chi connectivity index (χ4v) is 1.26. The summed E-state index contributed by atoms with van der Waals surface area (Å²) in [6.45, 7) is 0. The average Bonchev–Trinajstić information content (AvgIpc) is 2.14. The highest BCUT2D eigenvalue weighted by Crippen LogP contribution is 2.26. The van der Waals surface area contributed by atoms with Gasteiger partial charge in [-0.25, -0.2) is 4.79 Å². The largest absolute Gasteiger partial charge is 0.477 e. The van der Waals surface area contributed by atoms with Crippen molar-refractivity contribution in [2.75, 3.05) is 11.5 Å². The number of carboxylic acid groups (broad SMARTS) is 1. The fourth-order valence-electron chi connectivity index (χ4n) is 0.546. The van der Waals surface area contributed by atoms with Crippen molar-refractivity contribution in [2.45, 2.75) is 0 Å². The Morgan fingerprint density at radius 2 is 2.20 bits per heavy atom. The third-order valence-corrected chi connectivity index (χ3v) is 2.06. The van der Waals surface area contributed by atoms with Crippen molar-refractivity contribution in [3.05, 3.63) is 10.3 Å². The second kappa shape index (κ2) is 2.18. The predicted octanol–water partition coefficient (Wildman–Crippen LogP) is 0.611. The Bertz CT molecular complexity index is 269. The Morgan fingerprint density at radius 3 is 2.40 bits per heavy atom. The van der Waals surface area contributed by atoms with Crippen molar-refractivity contribution in [3.8, 4) is 0 Å². The lowest BCUT2D eigenvalue weighted by atomic mass is 10.4. The van der Waals surface area contributed by atoms with Crippen LogP contribution in [0, 0.1) is 0 Å². The van der Waals surface area contributed by atoms with Crippen LogP contribution in [0.4, 0.5) is 11.4 Å². The summed E-state index contributed by atoms with van der Waals surface area (Å²) in [7, 11) is 0. The van der Waals surface area contributed by atoms with Crippen LogP contribution in [-0.2, 0) is 0 Å². The minimum Gasteiger partial charge on any atom is -0.477 e. The first-order valence-electron chi connectivity index (χ1n) is 2.48. The van der Waals surface area contributed by atoms with Gasteiger partial charge in [0.25, 0.3) is 0 Å². The molecule has 0 bridgehead atoms. The standard InChI is InChI=1S/C5H6N2O2S/c6-2-1-10-4(3(2)7)5(8)9/h1H,6-7H2,(H,8,9). The monoisotopic (exact) mass is 158 g/mol. The zero-order valence-corrected chi connectivity index (χ0v) is 5.81. The molecule has 0 aliphatic heterocycles. The topological polar surface area (TPSA) is 89.3 Å². The number of thiophene rings is 1. The van der Waals surface area contributed by atoms with Crippen LogP contribution in [-0.4, -0.2) is 11.1 Å². The van der Waals surface area contributed by atoms with E-state index in [1.54, 1.807) is 0 Å². The van der Waals surface area contributed by atoms with E-state index in [1.807, 2.05) is 0 Å². The first kappa shape index (κ1) is 6.88. The lowest BCUT2D eigenvalue weighted by Crippen LogP contribution is -1.99. The maximum absolute atomic E-state index is 10.3. The summed E-state index contributed by atoms with van der Waals surface area (Å²) in [5, 5.41) is 9.97. The minimum absolute atomic E-state index is 0.109. The van der Waals surface area contributed by atoms with E-state index in [-0.39, 0.29) is 10.6 Å². The number of nitrogens with two attached hydrogens (primary N) is 2. The molecule has 0 unspecified atom stereocenters. The molecule has 54 valence electrons. The Hall–Kier alpha value is -1.23. The number of anilines is 2. The summed E-state index contributed by atoms with van der Waals surface area (Å²) in [6, 6.07) is 0. The van der Waals surface area contributed by atoms with Gasteiger partial charge in [0.2, 0.25) is 0 Å². The summed E-state index contributed by atoms with van der Waals surface area (Å²) in [6.07, 6.45) is 0. The smallest absolute Gasteiger partial charge is 0.348 e. The number of rotatable bonds is 1. The second-order valence-corrected chi connectivity index (χ2v) is 2.62. The lowest BCUT2D eigenvalue weighted by Gasteiger charge is -1.90. The molecule has 0 aliphatic rings. The Labute approximate surface area is 61.1 Å². The van der Waals surface area contributed by atoms with Crippen LogP contribution in [0.3, 0.4) is 0 Å². The number of hydrogen-bond donors (Lipinski definition) is 3. The number of nitrogen functional groups attached to an aromatic ring is 2. The van der Waals surface area contributed by atoms with Crippen LogP contribution in [0.5, 0.6) is 0 Å².